The summed E-state index contributed by atoms with van der Waals surface area (Å²) in [5.41, 5.74) is 2.93. The van der Waals surface area contributed by atoms with Crippen molar-refractivity contribution >= 4 is 22.6 Å². The second kappa shape index (κ2) is 9.62. The summed E-state index contributed by atoms with van der Waals surface area (Å²) in [5.74, 6) is 2.62. The minimum atomic E-state index is -0.367. The number of aromatic nitrogens is 2. The molecule has 1 amide bonds. The summed E-state index contributed by atoms with van der Waals surface area (Å²) in [4.78, 5) is 13.0. The molecule has 0 radical (unpaired) electrons. The van der Waals surface area contributed by atoms with E-state index in [0.717, 1.165) is 22.0 Å². The Bertz CT molecular complexity index is 1320. The van der Waals surface area contributed by atoms with Gasteiger partial charge in [-0.05, 0) is 42.0 Å². The largest absolute Gasteiger partial charge is 0.497 e. The quantitative estimate of drug-likeness (QED) is 0.396. The van der Waals surface area contributed by atoms with Crippen molar-refractivity contribution in [2.24, 2.45) is 0 Å². The Balaban J connectivity index is 1.64. The van der Waals surface area contributed by atoms with Crippen LogP contribution in [0.1, 0.15) is 10.4 Å². The molecule has 0 bridgehead atoms. The summed E-state index contributed by atoms with van der Waals surface area (Å²) < 4.78 is 26.8. The van der Waals surface area contributed by atoms with Crippen LogP contribution in [-0.2, 0) is 0 Å². The van der Waals surface area contributed by atoms with Crippen molar-refractivity contribution in [2.75, 3.05) is 40.9 Å². The predicted molar refractivity (Wildman–Crippen MR) is 129 cm³/mol. The first kappa shape index (κ1) is 22.8. The number of nitrogens with one attached hydrogen (secondary N) is 2. The molecule has 1 aromatic heterocycles. The Morgan fingerprint density at radius 1 is 0.794 bits per heavy atom. The van der Waals surface area contributed by atoms with E-state index in [1.165, 1.54) is 21.3 Å². The van der Waals surface area contributed by atoms with Crippen molar-refractivity contribution in [1.29, 1.82) is 0 Å². The highest BCUT2D eigenvalue weighted by atomic mass is 16.5. The normalized spacial score (nSPS) is 10.6. The molecule has 176 valence electrons. The highest BCUT2D eigenvalue weighted by molar-refractivity contribution is 6.08. The van der Waals surface area contributed by atoms with Gasteiger partial charge in [-0.25, -0.2) is 0 Å². The zero-order chi connectivity index (χ0) is 24.2. The summed E-state index contributed by atoms with van der Waals surface area (Å²) in [6.07, 6.45) is 0. The first-order valence-electron chi connectivity index (χ1n) is 10.3. The van der Waals surface area contributed by atoms with E-state index in [9.17, 15) is 4.79 Å². The third-order valence-corrected chi connectivity index (χ3v) is 5.44. The van der Waals surface area contributed by atoms with Crippen molar-refractivity contribution in [3.8, 4) is 39.9 Å². The van der Waals surface area contributed by atoms with E-state index in [0.29, 0.717) is 40.1 Å². The number of nitrogens with zero attached hydrogens (tertiary/aromatic N) is 1. The lowest BCUT2D eigenvalue weighted by atomic mass is 10.0. The van der Waals surface area contributed by atoms with Crippen LogP contribution in [0.3, 0.4) is 0 Å². The van der Waals surface area contributed by atoms with Crippen LogP contribution in [0.4, 0.5) is 5.82 Å². The van der Waals surface area contributed by atoms with Gasteiger partial charge in [0.2, 0.25) is 5.75 Å². The smallest absolute Gasteiger partial charge is 0.257 e. The number of amides is 1. The summed E-state index contributed by atoms with van der Waals surface area (Å²) in [6, 6.07) is 14.6. The maximum atomic E-state index is 13.0. The second-order valence-corrected chi connectivity index (χ2v) is 7.27. The van der Waals surface area contributed by atoms with E-state index in [-0.39, 0.29) is 5.91 Å². The van der Waals surface area contributed by atoms with Crippen molar-refractivity contribution in [3.05, 3.63) is 54.1 Å². The molecule has 2 N–H and O–H groups in total. The summed E-state index contributed by atoms with van der Waals surface area (Å²) in [7, 11) is 7.72. The molecule has 4 rings (SSSR count). The lowest BCUT2D eigenvalue weighted by Gasteiger charge is -2.13. The lowest BCUT2D eigenvalue weighted by molar-refractivity contribution is 0.102. The van der Waals surface area contributed by atoms with Crippen LogP contribution in [0.15, 0.2) is 48.5 Å². The Morgan fingerprint density at radius 3 is 2.12 bits per heavy atom. The van der Waals surface area contributed by atoms with Gasteiger partial charge >= 0.3 is 0 Å². The number of carbonyl (C=O) groups is 1. The number of ether oxygens (including phenoxy) is 5. The predicted octanol–water partition coefficient (Wildman–Crippen LogP) is 4.53. The average Bonchev–Trinajstić information content (AvgIpc) is 3.28. The molecule has 4 aromatic rings. The third-order valence-electron chi connectivity index (χ3n) is 5.44. The number of H-pyrrole nitrogens is 1. The summed E-state index contributed by atoms with van der Waals surface area (Å²) in [5, 5.41) is 10.9. The zero-order valence-corrected chi connectivity index (χ0v) is 19.5. The van der Waals surface area contributed by atoms with Gasteiger partial charge in [-0.1, -0.05) is 6.07 Å². The van der Waals surface area contributed by atoms with Crippen molar-refractivity contribution in [3.63, 3.8) is 0 Å². The van der Waals surface area contributed by atoms with Gasteiger partial charge in [-0.15, -0.1) is 0 Å². The molecule has 0 aliphatic rings. The molecule has 3 aromatic carbocycles. The van der Waals surface area contributed by atoms with Gasteiger partial charge < -0.3 is 29.0 Å². The molecule has 0 fully saturated rings. The monoisotopic (exact) mass is 463 g/mol. The van der Waals surface area contributed by atoms with Crippen molar-refractivity contribution in [2.45, 2.75) is 0 Å². The minimum Gasteiger partial charge on any atom is -0.497 e. The highest BCUT2D eigenvalue weighted by Crippen LogP contribution is 2.39. The Morgan fingerprint density at radius 2 is 1.50 bits per heavy atom. The summed E-state index contributed by atoms with van der Waals surface area (Å²) >= 11 is 0. The first-order chi connectivity index (χ1) is 16.5. The molecule has 1 heterocycles. The Hall–Kier alpha value is -4.40. The number of methoxy groups -OCH3 is 5. The lowest BCUT2D eigenvalue weighted by Crippen LogP contribution is -2.13. The van der Waals surface area contributed by atoms with Crippen molar-refractivity contribution in [1.82, 2.24) is 10.2 Å². The van der Waals surface area contributed by atoms with E-state index in [4.69, 9.17) is 23.7 Å². The van der Waals surface area contributed by atoms with Gasteiger partial charge in [0.25, 0.3) is 5.91 Å². The van der Waals surface area contributed by atoms with Crippen LogP contribution in [0, 0.1) is 0 Å². The number of hydrogen-bond donors (Lipinski definition) is 2. The topological polar surface area (TPSA) is 104 Å². The number of benzene rings is 3. The van der Waals surface area contributed by atoms with E-state index < -0.39 is 0 Å². The van der Waals surface area contributed by atoms with Crippen LogP contribution in [0.25, 0.3) is 22.0 Å². The molecule has 9 heteroatoms. The second-order valence-electron chi connectivity index (χ2n) is 7.27. The Labute approximate surface area is 196 Å². The molecule has 0 aliphatic heterocycles. The molecular weight excluding hydrogens is 438 g/mol. The molecule has 9 nitrogen and oxygen atoms in total. The Kier molecular flexibility index (Phi) is 6.44. The van der Waals surface area contributed by atoms with Crippen LogP contribution in [0.2, 0.25) is 0 Å². The number of carbonyl (C=O) groups excluding carboxylic acids is 1. The molecule has 34 heavy (non-hydrogen) atoms. The van der Waals surface area contributed by atoms with E-state index in [1.54, 1.807) is 26.4 Å². The van der Waals surface area contributed by atoms with Crippen molar-refractivity contribution < 1.29 is 28.5 Å². The van der Waals surface area contributed by atoms with E-state index >= 15 is 0 Å². The van der Waals surface area contributed by atoms with Gasteiger partial charge in [0, 0.05) is 22.6 Å². The molecular formula is C25H25N3O6. The zero-order valence-electron chi connectivity index (χ0n) is 19.5. The number of aromatic amines is 1. The summed E-state index contributed by atoms with van der Waals surface area (Å²) in [6.45, 7) is 0. The number of anilines is 1. The average molecular weight is 463 g/mol. The van der Waals surface area contributed by atoms with E-state index in [2.05, 4.69) is 15.5 Å². The molecule has 0 saturated heterocycles. The maximum Gasteiger partial charge on any atom is 0.257 e. The molecule has 0 atom stereocenters. The van der Waals surface area contributed by atoms with Crippen LogP contribution in [0.5, 0.6) is 28.7 Å². The number of rotatable bonds is 8. The fourth-order valence-corrected chi connectivity index (χ4v) is 3.71. The molecule has 0 aliphatic carbocycles. The molecule has 0 unspecified atom stereocenters. The fourth-order valence-electron chi connectivity index (χ4n) is 3.71. The number of hydrogen-bond acceptors (Lipinski definition) is 7. The van der Waals surface area contributed by atoms with Crippen LogP contribution < -0.4 is 29.0 Å². The molecule has 0 spiro atoms. The SMILES string of the molecule is COc1ccc(-c2ccc3c(NC(=O)c4cc(OC)c(OC)c(OC)c4)n[nH]c3c2)c(OC)c1. The van der Waals surface area contributed by atoms with Gasteiger partial charge in [-0.3, -0.25) is 9.89 Å². The first-order valence-corrected chi connectivity index (χ1v) is 10.3. The standard InChI is InChI=1S/C25H25N3O6/c1-30-16-7-9-17(20(13-16)31-2)14-6-8-18-19(10-14)27-28-24(18)26-25(29)15-11-21(32-3)23(34-5)22(12-15)33-4/h6-13H,1-5H3,(H2,26,27,28,29). The third kappa shape index (κ3) is 4.15. The van der Waals surface area contributed by atoms with Gasteiger partial charge in [-0.2, -0.15) is 5.10 Å². The van der Waals surface area contributed by atoms with Gasteiger partial charge in [0.1, 0.15) is 11.5 Å². The number of fused-ring (bicyclic) bond motifs is 1. The fraction of sp³-hybridized carbons (Fsp3) is 0.200. The van der Waals surface area contributed by atoms with Crippen LogP contribution in [-0.4, -0.2) is 51.7 Å². The van der Waals surface area contributed by atoms with E-state index in [1.807, 2.05) is 36.4 Å². The maximum absolute atomic E-state index is 13.0. The molecule has 0 saturated carbocycles. The van der Waals surface area contributed by atoms with Gasteiger partial charge in [0.15, 0.2) is 17.3 Å². The van der Waals surface area contributed by atoms with Crippen LogP contribution >= 0.6 is 0 Å². The highest BCUT2D eigenvalue weighted by Gasteiger charge is 2.19. The van der Waals surface area contributed by atoms with Gasteiger partial charge in [0.05, 0.1) is 41.1 Å². The minimum absolute atomic E-state index is 0.338.